The molecule has 0 spiro atoms. The lowest BCUT2D eigenvalue weighted by Gasteiger charge is -2.23. The van der Waals surface area contributed by atoms with E-state index in [-0.39, 0.29) is 6.23 Å². The van der Waals surface area contributed by atoms with Crippen LogP contribution in [-0.2, 0) is 4.74 Å². The number of hydrogen-bond donors (Lipinski definition) is 0. The van der Waals surface area contributed by atoms with Crippen molar-refractivity contribution >= 4 is 26.8 Å². The molecule has 17 heavy (non-hydrogen) atoms. The van der Waals surface area contributed by atoms with Gasteiger partial charge in [-0.25, -0.2) is 4.68 Å². The second-order valence-corrected chi connectivity index (χ2v) is 5.04. The zero-order valence-electron chi connectivity index (χ0n) is 9.20. The Balaban J connectivity index is 2.13. The van der Waals surface area contributed by atoms with E-state index in [2.05, 4.69) is 21.0 Å². The third-order valence-corrected chi connectivity index (χ3v) is 3.73. The van der Waals surface area contributed by atoms with E-state index in [1.165, 1.54) is 0 Å². The maximum absolute atomic E-state index is 13.8. The van der Waals surface area contributed by atoms with Crippen molar-refractivity contribution in [1.82, 2.24) is 9.78 Å². The molecule has 2 aromatic rings. The van der Waals surface area contributed by atoms with Crippen LogP contribution in [0.5, 0.6) is 0 Å². The van der Waals surface area contributed by atoms with E-state index in [9.17, 15) is 4.39 Å². The molecule has 90 valence electrons. The highest BCUT2D eigenvalue weighted by Crippen LogP contribution is 2.31. The number of fused-ring (bicyclic) bond motifs is 1. The molecule has 1 aromatic carbocycles. The van der Waals surface area contributed by atoms with Gasteiger partial charge in [0.05, 0.1) is 10.9 Å². The third kappa shape index (κ3) is 1.87. The van der Waals surface area contributed by atoms with Crippen molar-refractivity contribution in [2.75, 3.05) is 6.61 Å². The van der Waals surface area contributed by atoms with Gasteiger partial charge in [-0.05, 0) is 47.3 Å². The zero-order valence-corrected chi connectivity index (χ0v) is 10.8. The molecule has 3 nitrogen and oxygen atoms in total. The average molecular weight is 299 g/mol. The summed E-state index contributed by atoms with van der Waals surface area (Å²) in [4.78, 5) is 0. The quantitative estimate of drug-likeness (QED) is 0.804. The maximum atomic E-state index is 13.8. The summed E-state index contributed by atoms with van der Waals surface area (Å²) in [6.07, 6.45) is 2.93. The number of ether oxygens (including phenoxy) is 1. The number of nitrogens with zero attached hydrogens (tertiary/aromatic N) is 2. The standard InChI is InChI=1S/C12H12BrFN2O/c13-8-4-3-5-9-11(8)12(14)15-16(9)10-6-1-2-7-17-10/h3-5,10H,1-2,6-7H2. The summed E-state index contributed by atoms with van der Waals surface area (Å²) < 4.78 is 21.8. The second-order valence-electron chi connectivity index (χ2n) is 4.19. The molecule has 0 N–H and O–H groups in total. The van der Waals surface area contributed by atoms with Crippen molar-refractivity contribution in [1.29, 1.82) is 0 Å². The van der Waals surface area contributed by atoms with Crippen LogP contribution in [0.3, 0.4) is 0 Å². The van der Waals surface area contributed by atoms with E-state index >= 15 is 0 Å². The highest BCUT2D eigenvalue weighted by molar-refractivity contribution is 9.10. The lowest BCUT2D eigenvalue weighted by molar-refractivity contribution is -0.0375. The van der Waals surface area contributed by atoms with Crippen LogP contribution in [0.1, 0.15) is 25.5 Å². The average Bonchev–Trinajstić information content (AvgIpc) is 2.69. The van der Waals surface area contributed by atoms with Crippen molar-refractivity contribution in [3.63, 3.8) is 0 Å². The Morgan fingerprint density at radius 2 is 2.29 bits per heavy atom. The maximum Gasteiger partial charge on any atom is 0.241 e. The molecule has 3 rings (SSSR count). The fourth-order valence-corrected chi connectivity index (χ4v) is 2.76. The van der Waals surface area contributed by atoms with Gasteiger partial charge in [0.1, 0.15) is 0 Å². The highest BCUT2D eigenvalue weighted by Gasteiger charge is 2.21. The largest absolute Gasteiger partial charge is 0.356 e. The molecular formula is C12H12BrFN2O. The fourth-order valence-electron chi connectivity index (χ4n) is 2.24. The lowest BCUT2D eigenvalue weighted by Crippen LogP contribution is -2.19. The molecule has 1 aromatic heterocycles. The van der Waals surface area contributed by atoms with Crippen LogP contribution < -0.4 is 0 Å². The van der Waals surface area contributed by atoms with E-state index in [4.69, 9.17) is 4.74 Å². The molecule has 0 saturated carbocycles. The van der Waals surface area contributed by atoms with Gasteiger partial charge >= 0.3 is 0 Å². The molecule has 1 aliphatic rings. The van der Waals surface area contributed by atoms with Gasteiger partial charge in [-0.3, -0.25) is 0 Å². The molecule has 1 atom stereocenters. The van der Waals surface area contributed by atoms with Crippen LogP contribution in [0.4, 0.5) is 4.39 Å². The van der Waals surface area contributed by atoms with Crippen molar-refractivity contribution < 1.29 is 9.13 Å². The highest BCUT2D eigenvalue weighted by atomic mass is 79.9. The summed E-state index contributed by atoms with van der Waals surface area (Å²) in [5.41, 5.74) is 0.781. The Morgan fingerprint density at radius 3 is 3.06 bits per heavy atom. The summed E-state index contributed by atoms with van der Waals surface area (Å²) in [7, 11) is 0. The van der Waals surface area contributed by atoms with E-state index < -0.39 is 5.95 Å². The first-order valence-corrected chi connectivity index (χ1v) is 6.50. The monoisotopic (exact) mass is 298 g/mol. The van der Waals surface area contributed by atoms with Crippen LogP contribution in [0.15, 0.2) is 22.7 Å². The van der Waals surface area contributed by atoms with E-state index in [1.54, 1.807) is 4.68 Å². The van der Waals surface area contributed by atoms with Crippen molar-refractivity contribution in [3.8, 4) is 0 Å². The molecule has 1 aliphatic heterocycles. The summed E-state index contributed by atoms with van der Waals surface area (Å²) >= 11 is 3.35. The molecule has 0 radical (unpaired) electrons. The normalized spacial score (nSPS) is 20.9. The van der Waals surface area contributed by atoms with Gasteiger partial charge in [0.2, 0.25) is 5.95 Å². The molecular weight excluding hydrogens is 287 g/mol. The van der Waals surface area contributed by atoms with E-state index in [0.29, 0.717) is 5.39 Å². The van der Waals surface area contributed by atoms with Gasteiger partial charge in [-0.15, -0.1) is 5.10 Å². The van der Waals surface area contributed by atoms with E-state index in [1.807, 2.05) is 18.2 Å². The van der Waals surface area contributed by atoms with Gasteiger partial charge in [0.25, 0.3) is 0 Å². The SMILES string of the molecule is Fc1nn(C2CCCCO2)c2cccc(Br)c12. The number of hydrogen-bond acceptors (Lipinski definition) is 2. The minimum absolute atomic E-state index is 0.134. The Hall–Kier alpha value is -0.940. The Morgan fingerprint density at radius 1 is 1.41 bits per heavy atom. The third-order valence-electron chi connectivity index (χ3n) is 3.07. The smallest absolute Gasteiger partial charge is 0.241 e. The van der Waals surface area contributed by atoms with Crippen molar-refractivity contribution in [3.05, 3.63) is 28.6 Å². The molecule has 0 bridgehead atoms. The molecule has 5 heteroatoms. The first kappa shape index (κ1) is 11.2. The number of benzene rings is 1. The Labute approximate surface area is 107 Å². The van der Waals surface area contributed by atoms with Crippen LogP contribution in [-0.4, -0.2) is 16.4 Å². The first-order valence-electron chi connectivity index (χ1n) is 5.71. The van der Waals surface area contributed by atoms with Gasteiger partial charge in [0.15, 0.2) is 6.23 Å². The van der Waals surface area contributed by atoms with Crippen molar-refractivity contribution in [2.24, 2.45) is 0 Å². The molecule has 0 aliphatic carbocycles. The lowest BCUT2D eigenvalue weighted by atomic mass is 10.2. The Kier molecular flexibility index (Phi) is 2.88. The fraction of sp³-hybridized carbons (Fsp3) is 0.417. The number of rotatable bonds is 1. The first-order chi connectivity index (χ1) is 8.27. The summed E-state index contributed by atoms with van der Waals surface area (Å²) in [6, 6.07) is 5.57. The predicted molar refractivity (Wildman–Crippen MR) is 66.2 cm³/mol. The molecule has 1 unspecified atom stereocenters. The van der Waals surface area contributed by atoms with Gasteiger partial charge in [-0.2, -0.15) is 4.39 Å². The number of aromatic nitrogens is 2. The van der Waals surface area contributed by atoms with Crippen LogP contribution in [0, 0.1) is 5.95 Å². The van der Waals surface area contributed by atoms with E-state index in [0.717, 1.165) is 35.9 Å². The zero-order chi connectivity index (χ0) is 11.8. The predicted octanol–water partition coefficient (Wildman–Crippen LogP) is 3.64. The van der Waals surface area contributed by atoms with Crippen LogP contribution in [0.2, 0.25) is 0 Å². The van der Waals surface area contributed by atoms with Crippen LogP contribution in [0.25, 0.3) is 10.9 Å². The topological polar surface area (TPSA) is 27.1 Å². The number of halogens is 2. The molecule has 1 saturated heterocycles. The van der Waals surface area contributed by atoms with Crippen molar-refractivity contribution in [2.45, 2.75) is 25.5 Å². The van der Waals surface area contributed by atoms with Crippen LogP contribution >= 0.6 is 15.9 Å². The van der Waals surface area contributed by atoms with Gasteiger partial charge < -0.3 is 4.74 Å². The minimum Gasteiger partial charge on any atom is -0.356 e. The summed E-state index contributed by atoms with van der Waals surface area (Å²) in [5.74, 6) is -0.443. The second kappa shape index (κ2) is 4.38. The molecule has 1 fully saturated rings. The molecule has 0 amide bonds. The molecule has 2 heterocycles. The van der Waals surface area contributed by atoms with Gasteiger partial charge in [0, 0.05) is 11.1 Å². The summed E-state index contributed by atoms with van der Waals surface area (Å²) in [5, 5.41) is 4.50. The van der Waals surface area contributed by atoms with Gasteiger partial charge in [-0.1, -0.05) is 6.07 Å². The summed E-state index contributed by atoms with van der Waals surface area (Å²) in [6.45, 7) is 0.724. The minimum atomic E-state index is -0.443. The Bertz CT molecular complexity index is 549.